The number of halogens is 1. The highest BCUT2D eigenvalue weighted by atomic mass is 35.5. The number of rotatable bonds is 3. The van der Waals surface area contributed by atoms with Crippen LogP contribution in [0.5, 0.6) is 0 Å². The van der Waals surface area contributed by atoms with Gasteiger partial charge < -0.3 is 5.32 Å². The highest BCUT2D eigenvalue weighted by Crippen LogP contribution is 2.26. The van der Waals surface area contributed by atoms with Crippen LogP contribution >= 0.6 is 11.6 Å². The third-order valence-electron chi connectivity index (χ3n) is 2.95. The third-order valence-corrected chi connectivity index (χ3v) is 3.18. The Morgan fingerprint density at radius 2 is 2.36 bits per heavy atom. The largest absolute Gasteiger partial charge is 0.308 e. The lowest BCUT2D eigenvalue weighted by molar-refractivity contribution is 0.227. The summed E-state index contributed by atoms with van der Waals surface area (Å²) in [6.07, 6.45) is 4.35. The van der Waals surface area contributed by atoms with Crippen molar-refractivity contribution in [3.8, 4) is 0 Å². The maximum atomic E-state index is 5.75. The van der Waals surface area contributed by atoms with Crippen LogP contribution in [0.2, 0.25) is 5.02 Å². The average molecular weight is 211 g/mol. The van der Waals surface area contributed by atoms with E-state index in [0.717, 1.165) is 18.2 Å². The van der Waals surface area contributed by atoms with Crippen molar-refractivity contribution in [1.82, 2.24) is 10.3 Å². The SMILES string of the molecule is CC1CCC1NCc1ccc(Cl)cn1. The summed E-state index contributed by atoms with van der Waals surface area (Å²) in [7, 11) is 0. The maximum Gasteiger partial charge on any atom is 0.0589 e. The zero-order chi connectivity index (χ0) is 9.97. The molecule has 2 nitrogen and oxygen atoms in total. The molecule has 0 radical (unpaired) electrons. The van der Waals surface area contributed by atoms with Crippen molar-refractivity contribution < 1.29 is 0 Å². The molecule has 1 aliphatic carbocycles. The number of pyridine rings is 1. The average Bonchev–Trinajstić information content (AvgIpc) is 2.19. The summed E-state index contributed by atoms with van der Waals surface area (Å²) in [5.41, 5.74) is 1.06. The molecule has 2 atom stereocenters. The minimum absolute atomic E-state index is 0.687. The Hall–Kier alpha value is -0.600. The fourth-order valence-corrected chi connectivity index (χ4v) is 1.83. The smallest absolute Gasteiger partial charge is 0.0589 e. The molecule has 2 rings (SSSR count). The van der Waals surface area contributed by atoms with Crippen LogP contribution in [0.25, 0.3) is 0 Å². The van der Waals surface area contributed by atoms with Gasteiger partial charge in [-0.05, 0) is 30.9 Å². The molecular weight excluding hydrogens is 196 g/mol. The van der Waals surface area contributed by atoms with E-state index < -0.39 is 0 Å². The van der Waals surface area contributed by atoms with Crippen LogP contribution in [0.15, 0.2) is 18.3 Å². The van der Waals surface area contributed by atoms with Crippen LogP contribution in [0.3, 0.4) is 0 Å². The van der Waals surface area contributed by atoms with Crippen molar-refractivity contribution in [2.45, 2.75) is 32.4 Å². The van der Waals surface area contributed by atoms with E-state index in [1.165, 1.54) is 12.8 Å². The van der Waals surface area contributed by atoms with Gasteiger partial charge in [-0.15, -0.1) is 0 Å². The van der Waals surface area contributed by atoms with Gasteiger partial charge in [-0.25, -0.2) is 0 Å². The highest BCUT2D eigenvalue weighted by molar-refractivity contribution is 6.30. The minimum atomic E-state index is 0.687. The van der Waals surface area contributed by atoms with Crippen LogP contribution in [0.4, 0.5) is 0 Å². The normalized spacial score (nSPS) is 25.9. The monoisotopic (exact) mass is 210 g/mol. The summed E-state index contributed by atoms with van der Waals surface area (Å²) < 4.78 is 0. The molecule has 76 valence electrons. The van der Waals surface area contributed by atoms with E-state index in [2.05, 4.69) is 17.2 Å². The molecule has 1 saturated carbocycles. The van der Waals surface area contributed by atoms with Gasteiger partial charge in [0.1, 0.15) is 0 Å². The molecule has 1 heterocycles. The maximum absolute atomic E-state index is 5.75. The molecular formula is C11H15ClN2. The quantitative estimate of drug-likeness (QED) is 0.830. The van der Waals surface area contributed by atoms with Crippen molar-refractivity contribution in [3.05, 3.63) is 29.0 Å². The lowest BCUT2D eigenvalue weighted by Gasteiger charge is -2.34. The summed E-state index contributed by atoms with van der Waals surface area (Å²) in [5.74, 6) is 0.822. The first-order chi connectivity index (χ1) is 6.75. The second kappa shape index (κ2) is 4.28. The first-order valence-electron chi connectivity index (χ1n) is 5.09. The minimum Gasteiger partial charge on any atom is -0.308 e. The van der Waals surface area contributed by atoms with Gasteiger partial charge in [-0.3, -0.25) is 4.98 Å². The Morgan fingerprint density at radius 3 is 2.86 bits per heavy atom. The molecule has 0 aliphatic heterocycles. The van der Waals surface area contributed by atoms with Crippen molar-refractivity contribution in [3.63, 3.8) is 0 Å². The lowest BCUT2D eigenvalue weighted by atomic mass is 9.81. The summed E-state index contributed by atoms with van der Waals surface area (Å²) in [5, 5.41) is 4.20. The molecule has 0 aromatic carbocycles. The molecule has 0 saturated heterocycles. The Bertz CT molecular complexity index is 297. The van der Waals surface area contributed by atoms with Crippen molar-refractivity contribution >= 4 is 11.6 Å². The Balaban J connectivity index is 1.83. The van der Waals surface area contributed by atoms with Gasteiger partial charge in [0.25, 0.3) is 0 Å². The summed E-state index contributed by atoms with van der Waals surface area (Å²) in [6, 6.07) is 4.54. The van der Waals surface area contributed by atoms with Gasteiger partial charge in [0.2, 0.25) is 0 Å². The topological polar surface area (TPSA) is 24.9 Å². The van der Waals surface area contributed by atoms with E-state index in [1.54, 1.807) is 6.20 Å². The third kappa shape index (κ3) is 2.25. The van der Waals surface area contributed by atoms with Gasteiger partial charge in [0.05, 0.1) is 10.7 Å². The number of aromatic nitrogens is 1. The Kier molecular flexibility index (Phi) is 3.04. The molecule has 0 amide bonds. The van der Waals surface area contributed by atoms with E-state index in [0.29, 0.717) is 11.1 Å². The van der Waals surface area contributed by atoms with Crippen LogP contribution < -0.4 is 5.32 Å². The zero-order valence-corrected chi connectivity index (χ0v) is 9.09. The van der Waals surface area contributed by atoms with Crippen molar-refractivity contribution in [2.24, 2.45) is 5.92 Å². The van der Waals surface area contributed by atoms with E-state index in [1.807, 2.05) is 12.1 Å². The molecule has 1 fully saturated rings. The second-order valence-electron chi connectivity index (χ2n) is 4.01. The molecule has 0 spiro atoms. The summed E-state index contributed by atoms with van der Waals surface area (Å²) >= 11 is 5.75. The summed E-state index contributed by atoms with van der Waals surface area (Å²) in [4.78, 5) is 4.24. The second-order valence-corrected chi connectivity index (χ2v) is 4.45. The zero-order valence-electron chi connectivity index (χ0n) is 8.33. The number of hydrogen-bond donors (Lipinski definition) is 1. The van der Waals surface area contributed by atoms with Gasteiger partial charge >= 0.3 is 0 Å². The van der Waals surface area contributed by atoms with Gasteiger partial charge in [0.15, 0.2) is 0 Å². The Labute approximate surface area is 89.7 Å². The molecule has 14 heavy (non-hydrogen) atoms. The number of nitrogens with one attached hydrogen (secondary N) is 1. The lowest BCUT2D eigenvalue weighted by Crippen LogP contribution is -2.42. The van der Waals surface area contributed by atoms with Crippen LogP contribution in [0, 0.1) is 5.92 Å². The van der Waals surface area contributed by atoms with Crippen molar-refractivity contribution in [2.75, 3.05) is 0 Å². The van der Waals surface area contributed by atoms with E-state index in [9.17, 15) is 0 Å². The van der Waals surface area contributed by atoms with Gasteiger partial charge in [0, 0.05) is 18.8 Å². The molecule has 1 aliphatic rings. The molecule has 0 bridgehead atoms. The fraction of sp³-hybridized carbons (Fsp3) is 0.545. The Morgan fingerprint density at radius 1 is 1.50 bits per heavy atom. The number of nitrogens with zero attached hydrogens (tertiary/aromatic N) is 1. The van der Waals surface area contributed by atoms with E-state index >= 15 is 0 Å². The predicted molar refractivity (Wildman–Crippen MR) is 58.3 cm³/mol. The van der Waals surface area contributed by atoms with Crippen LogP contribution in [-0.4, -0.2) is 11.0 Å². The number of hydrogen-bond acceptors (Lipinski definition) is 2. The van der Waals surface area contributed by atoms with Crippen LogP contribution in [-0.2, 0) is 6.54 Å². The first-order valence-corrected chi connectivity index (χ1v) is 5.47. The molecule has 3 heteroatoms. The molecule has 1 aromatic rings. The molecule has 1 N–H and O–H groups in total. The summed E-state index contributed by atoms with van der Waals surface area (Å²) in [6.45, 7) is 3.14. The van der Waals surface area contributed by atoms with E-state index in [-0.39, 0.29) is 0 Å². The van der Waals surface area contributed by atoms with Crippen molar-refractivity contribution in [1.29, 1.82) is 0 Å². The van der Waals surface area contributed by atoms with Gasteiger partial charge in [-0.2, -0.15) is 0 Å². The van der Waals surface area contributed by atoms with E-state index in [4.69, 9.17) is 11.6 Å². The molecule has 2 unspecified atom stereocenters. The molecule has 1 aromatic heterocycles. The predicted octanol–water partition coefficient (Wildman–Crippen LogP) is 2.62. The highest BCUT2D eigenvalue weighted by Gasteiger charge is 2.25. The fourth-order valence-electron chi connectivity index (χ4n) is 1.72. The van der Waals surface area contributed by atoms with Crippen LogP contribution in [0.1, 0.15) is 25.5 Å². The standard InChI is InChI=1S/C11H15ClN2/c1-8-2-5-11(8)14-7-10-4-3-9(12)6-13-10/h3-4,6,8,11,14H,2,5,7H2,1H3. The first kappa shape index (κ1) is 9.94. The van der Waals surface area contributed by atoms with Gasteiger partial charge in [-0.1, -0.05) is 18.5 Å².